The third-order valence-corrected chi connectivity index (χ3v) is 6.30. The van der Waals surface area contributed by atoms with E-state index in [4.69, 9.17) is 4.74 Å². The lowest BCUT2D eigenvalue weighted by Crippen LogP contribution is -2.31. The third-order valence-electron chi connectivity index (χ3n) is 4.88. The van der Waals surface area contributed by atoms with Crippen molar-refractivity contribution < 1.29 is 13.2 Å². The molecule has 0 aliphatic carbocycles. The van der Waals surface area contributed by atoms with Crippen LogP contribution in [0.1, 0.15) is 12.0 Å². The summed E-state index contributed by atoms with van der Waals surface area (Å²) in [5, 5.41) is 0.735. The van der Waals surface area contributed by atoms with E-state index in [0.717, 1.165) is 37.0 Å². The Morgan fingerprint density at radius 3 is 2.92 bits per heavy atom. The number of likely N-dealkylation sites (tertiary alicyclic amines) is 1. The van der Waals surface area contributed by atoms with Crippen LogP contribution in [0.2, 0.25) is 0 Å². The number of aromatic amines is 1. The molecule has 1 atom stereocenters. The van der Waals surface area contributed by atoms with Gasteiger partial charge in [-0.1, -0.05) is 0 Å². The maximum atomic E-state index is 12.6. The molecule has 0 saturated carbocycles. The van der Waals surface area contributed by atoms with Crippen LogP contribution in [0, 0.1) is 12.8 Å². The molecule has 2 N–H and O–H groups in total. The highest BCUT2D eigenvalue weighted by Gasteiger charge is 2.24. The van der Waals surface area contributed by atoms with Gasteiger partial charge in [0.15, 0.2) is 0 Å². The first-order valence-electron chi connectivity index (χ1n) is 8.73. The fourth-order valence-corrected chi connectivity index (χ4v) is 4.52. The van der Waals surface area contributed by atoms with Gasteiger partial charge in [-0.3, -0.25) is 4.79 Å². The van der Waals surface area contributed by atoms with Crippen molar-refractivity contribution in [3.63, 3.8) is 0 Å². The highest BCUT2D eigenvalue weighted by atomic mass is 32.2. The van der Waals surface area contributed by atoms with E-state index in [-0.39, 0.29) is 10.5 Å². The standard InChI is InChI=1S/C18H25N3O4S/c1-13-9-18(22)20-17-4-3-15(10-16(13)17)26(23,24)19-11-14-5-6-21(12-14)7-8-25-2/h3-4,9-10,14,19H,5-8,11-12H2,1-2H3,(H,20,22). The summed E-state index contributed by atoms with van der Waals surface area (Å²) in [5.41, 5.74) is 1.20. The van der Waals surface area contributed by atoms with Crippen LogP contribution in [0.15, 0.2) is 34.0 Å². The van der Waals surface area contributed by atoms with Crippen LogP contribution in [0.4, 0.5) is 0 Å². The van der Waals surface area contributed by atoms with Gasteiger partial charge in [0, 0.05) is 43.7 Å². The minimum absolute atomic E-state index is 0.192. The van der Waals surface area contributed by atoms with E-state index in [9.17, 15) is 13.2 Å². The summed E-state index contributed by atoms with van der Waals surface area (Å²) in [6, 6.07) is 6.25. The number of aryl methyl sites for hydroxylation is 1. The molecule has 0 amide bonds. The van der Waals surface area contributed by atoms with Crippen molar-refractivity contribution in [2.45, 2.75) is 18.2 Å². The van der Waals surface area contributed by atoms with Crippen molar-refractivity contribution in [1.29, 1.82) is 0 Å². The summed E-state index contributed by atoms with van der Waals surface area (Å²) in [6.07, 6.45) is 0.976. The molecule has 1 aliphatic rings. The number of methoxy groups -OCH3 is 1. The number of nitrogens with zero attached hydrogens (tertiary/aromatic N) is 1. The Kier molecular flexibility index (Phi) is 5.76. The SMILES string of the molecule is COCCN1CCC(CNS(=O)(=O)c2ccc3[nH]c(=O)cc(C)c3c2)C1. The Morgan fingerprint density at radius 1 is 1.35 bits per heavy atom. The van der Waals surface area contributed by atoms with Gasteiger partial charge < -0.3 is 14.6 Å². The minimum atomic E-state index is -3.59. The van der Waals surface area contributed by atoms with Gasteiger partial charge in [-0.15, -0.1) is 0 Å². The number of ether oxygens (including phenoxy) is 1. The topological polar surface area (TPSA) is 91.5 Å². The number of sulfonamides is 1. The first-order valence-corrected chi connectivity index (χ1v) is 10.2. The quantitative estimate of drug-likeness (QED) is 0.751. The summed E-state index contributed by atoms with van der Waals surface area (Å²) in [7, 11) is -1.90. The molecular formula is C18H25N3O4S. The van der Waals surface area contributed by atoms with E-state index >= 15 is 0 Å². The van der Waals surface area contributed by atoms with Crippen molar-refractivity contribution in [3.8, 4) is 0 Å². The molecule has 1 fully saturated rings. The molecule has 3 rings (SSSR count). The second-order valence-electron chi connectivity index (χ2n) is 6.82. The van der Waals surface area contributed by atoms with Crippen LogP contribution in [0.25, 0.3) is 10.9 Å². The molecular weight excluding hydrogens is 354 g/mol. The largest absolute Gasteiger partial charge is 0.383 e. The highest BCUT2D eigenvalue weighted by molar-refractivity contribution is 7.89. The molecule has 0 bridgehead atoms. The average molecular weight is 379 g/mol. The highest BCUT2D eigenvalue weighted by Crippen LogP contribution is 2.20. The molecule has 2 aromatic rings. The van der Waals surface area contributed by atoms with Crippen LogP contribution in [-0.4, -0.2) is 58.2 Å². The Hall–Kier alpha value is -1.74. The normalized spacial score (nSPS) is 18.6. The van der Waals surface area contributed by atoms with Crippen LogP contribution in [-0.2, 0) is 14.8 Å². The molecule has 0 spiro atoms. The Morgan fingerprint density at radius 2 is 2.15 bits per heavy atom. The minimum Gasteiger partial charge on any atom is -0.383 e. The average Bonchev–Trinajstić information content (AvgIpc) is 3.06. The molecule has 1 aliphatic heterocycles. The number of H-pyrrole nitrogens is 1. The van der Waals surface area contributed by atoms with Gasteiger partial charge in [-0.25, -0.2) is 13.1 Å². The summed E-state index contributed by atoms with van der Waals surface area (Å²) in [5.74, 6) is 0.306. The molecule has 8 heteroatoms. The van der Waals surface area contributed by atoms with Crippen molar-refractivity contribution in [2.24, 2.45) is 5.92 Å². The number of nitrogens with one attached hydrogen (secondary N) is 2. The van der Waals surface area contributed by atoms with Gasteiger partial charge in [-0.2, -0.15) is 0 Å². The van der Waals surface area contributed by atoms with E-state index in [2.05, 4.69) is 14.6 Å². The van der Waals surface area contributed by atoms with Crippen LogP contribution in [0.3, 0.4) is 0 Å². The van der Waals surface area contributed by atoms with E-state index in [1.807, 2.05) is 0 Å². The second-order valence-corrected chi connectivity index (χ2v) is 8.59. The zero-order valence-corrected chi connectivity index (χ0v) is 15.9. The maximum Gasteiger partial charge on any atom is 0.248 e. The molecule has 1 saturated heterocycles. The number of hydrogen-bond donors (Lipinski definition) is 2. The van der Waals surface area contributed by atoms with E-state index in [1.54, 1.807) is 26.2 Å². The summed E-state index contributed by atoms with van der Waals surface area (Å²) < 4.78 is 33.1. The Bertz CT molecular complexity index is 939. The fraction of sp³-hybridized carbons (Fsp3) is 0.500. The smallest absolute Gasteiger partial charge is 0.248 e. The second kappa shape index (κ2) is 7.87. The van der Waals surface area contributed by atoms with Gasteiger partial charge in [0.2, 0.25) is 15.6 Å². The number of rotatable bonds is 7. The third kappa shape index (κ3) is 4.32. The molecule has 142 valence electrons. The van der Waals surface area contributed by atoms with Gasteiger partial charge in [0.05, 0.1) is 11.5 Å². The van der Waals surface area contributed by atoms with Gasteiger partial charge in [0.25, 0.3) is 0 Å². The molecule has 1 unspecified atom stereocenters. The molecule has 0 radical (unpaired) electrons. The van der Waals surface area contributed by atoms with E-state index in [1.165, 1.54) is 12.1 Å². The zero-order chi connectivity index (χ0) is 18.7. The summed E-state index contributed by atoms with van der Waals surface area (Å²) in [4.78, 5) is 16.8. The Labute approximate surface area is 153 Å². The van der Waals surface area contributed by atoms with Gasteiger partial charge in [0.1, 0.15) is 0 Å². The first-order chi connectivity index (χ1) is 12.4. The number of aromatic nitrogens is 1. The number of hydrogen-bond acceptors (Lipinski definition) is 5. The number of benzene rings is 1. The molecule has 1 aromatic carbocycles. The number of fused-ring (bicyclic) bond motifs is 1. The van der Waals surface area contributed by atoms with Crippen LogP contribution >= 0.6 is 0 Å². The first kappa shape index (κ1) is 19.0. The molecule has 2 heterocycles. The van der Waals surface area contributed by atoms with Crippen LogP contribution < -0.4 is 10.3 Å². The van der Waals surface area contributed by atoms with Crippen molar-refractivity contribution in [1.82, 2.24) is 14.6 Å². The lowest BCUT2D eigenvalue weighted by atomic mass is 10.1. The number of pyridine rings is 1. The monoisotopic (exact) mass is 379 g/mol. The zero-order valence-electron chi connectivity index (χ0n) is 15.1. The maximum absolute atomic E-state index is 12.6. The summed E-state index contributed by atoms with van der Waals surface area (Å²) in [6.45, 7) is 5.64. The lowest BCUT2D eigenvalue weighted by Gasteiger charge is -2.16. The lowest BCUT2D eigenvalue weighted by molar-refractivity contribution is 0.159. The van der Waals surface area contributed by atoms with Gasteiger partial charge >= 0.3 is 0 Å². The molecule has 7 nitrogen and oxygen atoms in total. The van der Waals surface area contributed by atoms with E-state index < -0.39 is 10.0 Å². The van der Waals surface area contributed by atoms with Crippen LogP contribution in [0.5, 0.6) is 0 Å². The summed E-state index contributed by atoms with van der Waals surface area (Å²) >= 11 is 0. The van der Waals surface area contributed by atoms with Crippen molar-refractivity contribution in [2.75, 3.05) is 39.9 Å². The molecule has 26 heavy (non-hydrogen) atoms. The van der Waals surface area contributed by atoms with Crippen molar-refractivity contribution >= 4 is 20.9 Å². The fourth-order valence-electron chi connectivity index (χ4n) is 3.38. The van der Waals surface area contributed by atoms with Gasteiger partial charge in [-0.05, 0) is 49.6 Å². The predicted molar refractivity (Wildman–Crippen MR) is 101 cm³/mol. The molecule has 1 aromatic heterocycles. The Balaban J connectivity index is 1.69. The van der Waals surface area contributed by atoms with Crippen molar-refractivity contribution in [3.05, 3.63) is 40.2 Å². The predicted octanol–water partition coefficient (Wildman–Crippen LogP) is 1.08. The van der Waals surface area contributed by atoms with E-state index in [0.29, 0.717) is 24.6 Å².